The Morgan fingerprint density at radius 2 is 2.29 bits per heavy atom. The molecule has 3 nitrogen and oxygen atoms in total. The van der Waals surface area contributed by atoms with Crippen LogP contribution in [0.1, 0.15) is 5.56 Å². The smallest absolute Gasteiger partial charge is 0.119 e. The largest absolute Gasteiger partial charge is 0.497 e. The Balaban J connectivity index is 2.72. The Hall–Kier alpha value is -0.430. The predicted octanol–water partition coefficient (Wildman–Crippen LogP) is 3.20. The van der Waals surface area contributed by atoms with E-state index in [1.807, 2.05) is 22.4 Å². The third-order valence-corrected chi connectivity index (χ3v) is 3.62. The highest BCUT2D eigenvalue weighted by Crippen LogP contribution is 2.28. The van der Waals surface area contributed by atoms with Gasteiger partial charge in [-0.3, -0.25) is 0 Å². The lowest BCUT2D eigenvalue weighted by Gasteiger charge is -2.03. The van der Waals surface area contributed by atoms with E-state index in [2.05, 4.69) is 33.2 Å². The van der Waals surface area contributed by atoms with Crippen molar-refractivity contribution >= 4 is 41.2 Å². The van der Waals surface area contributed by atoms with Crippen LogP contribution in [0.4, 0.5) is 0 Å². The molecule has 0 N–H and O–H groups in total. The first-order valence-electron chi connectivity index (χ1n) is 4.07. The first-order valence-corrected chi connectivity index (χ1v) is 7.39. The fourth-order valence-electron chi connectivity index (χ4n) is 1.47. The van der Waals surface area contributed by atoms with E-state index in [0.717, 1.165) is 16.7 Å². The molecule has 0 aliphatic carbocycles. The van der Waals surface area contributed by atoms with Crippen molar-refractivity contribution in [1.82, 2.24) is 9.19 Å². The third kappa shape index (κ3) is 1.58. The number of nitrogens with zero attached hydrogens (tertiary/aromatic N) is 2. The highest BCUT2D eigenvalue weighted by molar-refractivity contribution is 14.2. The number of methoxy groups -OCH3 is 1. The van der Waals surface area contributed by atoms with Crippen LogP contribution >= 0.6 is 30.3 Å². The van der Waals surface area contributed by atoms with E-state index in [-0.39, 0.29) is 0 Å². The molecule has 0 amide bonds. The number of rotatable bonds is 2. The van der Waals surface area contributed by atoms with Crippen LogP contribution in [0.5, 0.6) is 5.75 Å². The minimum absolute atomic E-state index is 0.882. The summed E-state index contributed by atoms with van der Waals surface area (Å²) in [4.78, 5) is 0. The topological polar surface area (TPSA) is 27.1 Å². The van der Waals surface area contributed by atoms with Gasteiger partial charge in [0.05, 0.1) is 18.8 Å². The van der Waals surface area contributed by atoms with Crippen LogP contribution in [0, 0.1) is 6.92 Å². The molecule has 0 saturated carbocycles. The number of aromatic nitrogens is 2. The number of hydrogen-bond donors (Lipinski definition) is 0. The van der Waals surface area contributed by atoms with Crippen LogP contribution in [-0.4, -0.2) is 16.3 Å². The van der Waals surface area contributed by atoms with E-state index in [4.69, 9.17) is 4.74 Å². The Bertz CT molecular complexity index is 469. The summed E-state index contributed by atoms with van der Waals surface area (Å²) >= 11 is 2.22. The van der Waals surface area contributed by atoms with Crippen molar-refractivity contribution in [3.8, 4) is 5.75 Å². The fraction of sp³-hybridized carbons (Fsp3) is 0.222. The molecule has 2 aromatic rings. The molecule has 0 atom stereocenters. The number of aryl methyl sites for hydroxylation is 1. The zero-order valence-electron chi connectivity index (χ0n) is 7.82. The monoisotopic (exact) mass is 320 g/mol. The summed E-state index contributed by atoms with van der Waals surface area (Å²) in [5.41, 5.74) is 2.34. The highest BCUT2D eigenvalue weighted by atomic mass is 127. The molecule has 0 fully saturated rings. The van der Waals surface area contributed by atoms with Crippen molar-refractivity contribution in [2.75, 3.05) is 7.11 Å². The molecule has 2 rings (SSSR count). The van der Waals surface area contributed by atoms with Gasteiger partial charge in [0.2, 0.25) is 0 Å². The highest BCUT2D eigenvalue weighted by Gasteiger charge is 2.07. The average molecular weight is 320 g/mol. The molecule has 74 valence electrons. The Morgan fingerprint density at radius 3 is 2.93 bits per heavy atom. The Labute approximate surface area is 98.5 Å². The van der Waals surface area contributed by atoms with E-state index in [1.165, 1.54) is 5.56 Å². The lowest BCUT2D eigenvalue weighted by Crippen LogP contribution is -1.89. The van der Waals surface area contributed by atoms with Crippen molar-refractivity contribution < 1.29 is 4.74 Å². The van der Waals surface area contributed by atoms with Gasteiger partial charge in [0, 0.05) is 35.7 Å². The molecule has 0 spiro atoms. The average Bonchev–Trinajstić information content (AvgIpc) is 2.61. The zero-order valence-corrected chi connectivity index (χ0v) is 10.8. The van der Waals surface area contributed by atoms with E-state index in [0.29, 0.717) is 0 Å². The van der Waals surface area contributed by atoms with Gasteiger partial charge in [-0.15, -0.1) is 0 Å². The molecule has 0 saturated heterocycles. The van der Waals surface area contributed by atoms with Gasteiger partial charge in [0.1, 0.15) is 5.75 Å². The van der Waals surface area contributed by atoms with Crippen molar-refractivity contribution in [1.29, 1.82) is 0 Å². The maximum atomic E-state index is 5.20. The van der Waals surface area contributed by atoms with Gasteiger partial charge in [0.15, 0.2) is 0 Å². The first-order chi connectivity index (χ1) is 6.76. The maximum Gasteiger partial charge on any atom is 0.119 e. The molecular formula is C9H9IN2OS. The summed E-state index contributed by atoms with van der Waals surface area (Å²) in [6, 6.07) is 4.02. The maximum absolute atomic E-state index is 5.20. The number of halogens is 1. The summed E-state index contributed by atoms with van der Waals surface area (Å²) < 4.78 is 7.11. The molecule has 14 heavy (non-hydrogen) atoms. The van der Waals surface area contributed by atoms with E-state index >= 15 is 0 Å². The molecule has 0 aliphatic heterocycles. The van der Waals surface area contributed by atoms with Crippen LogP contribution in [0.3, 0.4) is 0 Å². The van der Waals surface area contributed by atoms with Crippen molar-refractivity contribution in [3.05, 3.63) is 23.9 Å². The molecule has 0 unspecified atom stereocenters. The van der Waals surface area contributed by atoms with Gasteiger partial charge in [-0.1, -0.05) is 0 Å². The lowest BCUT2D eigenvalue weighted by atomic mass is 10.1. The van der Waals surface area contributed by atoms with E-state index in [1.54, 1.807) is 16.2 Å². The van der Waals surface area contributed by atoms with Crippen LogP contribution in [0.2, 0.25) is 0 Å². The van der Waals surface area contributed by atoms with Crippen LogP contribution in [0.15, 0.2) is 18.3 Å². The fourth-order valence-corrected chi connectivity index (χ4v) is 2.77. The predicted molar refractivity (Wildman–Crippen MR) is 68.0 cm³/mol. The molecule has 0 bridgehead atoms. The van der Waals surface area contributed by atoms with Gasteiger partial charge < -0.3 is 4.74 Å². The normalized spacial score (nSPS) is 10.8. The van der Waals surface area contributed by atoms with E-state index < -0.39 is 0 Å². The standard InChI is InChI=1S/C9H9IN2OS/c1-6-3-8(13-2)4-7-5-11-12(14-10)9(6)7/h3-5H,1-2H3. The second-order valence-corrected chi connectivity index (χ2v) is 4.63. The second-order valence-electron chi connectivity index (χ2n) is 2.97. The van der Waals surface area contributed by atoms with Crippen molar-refractivity contribution in [2.45, 2.75) is 6.92 Å². The summed E-state index contributed by atoms with van der Waals surface area (Å²) in [7, 11) is 3.25. The Kier molecular flexibility index (Phi) is 2.87. The number of benzene rings is 1. The lowest BCUT2D eigenvalue weighted by molar-refractivity contribution is 0.415. The summed E-state index contributed by atoms with van der Waals surface area (Å²) in [6.45, 7) is 2.07. The van der Waals surface area contributed by atoms with Gasteiger partial charge >= 0.3 is 0 Å². The first kappa shape index (κ1) is 10.1. The zero-order chi connectivity index (χ0) is 10.1. The second kappa shape index (κ2) is 3.98. The minimum Gasteiger partial charge on any atom is -0.497 e. The molecule has 0 radical (unpaired) electrons. The number of hydrogen-bond acceptors (Lipinski definition) is 3. The molecule has 1 aromatic carbocycles. The minimum atomic E-state index is 0.882. The van der Waals surface area contributed by atoms with Crippen molar-refractivity contribution in [2.24, 2.45) is 0 Å². The third-order valence-electron chi connectivity index (χ3n) is 2.10. The summed E-state index contributed by atoms with van der Waals surface area (Å²) in [5.74, 6) is 0.882. The summed E-state index contributed by atoms with van der Waals surface area (Å²) in [6.07, 6.45) is 1.86. The van der Waals surface area contributed by atoms with Crippen LogP contribution in [-0.2, 0) is 0 Å². The summed E-state index contributed by atoms with van der Waals surface area (Å²) in [5, 5.41) is 5.38. The molecule has 0 aliphatic rings. The van der Waals surface area contributed by atoms with Crippen molar-refractivity contribution in [3.63, 3.8) is 0 Å². The molecule has 5 heteroatoms. The van der Waals surface area contributed by atoms with Gasteiger partial charge in [-0.05, 0) is 24.6 Å². The molecule has 1 heterocycles. The van der Waals surface area contributed by atoms with Crippen LogP contribution < -0.4 is 4.74 Å². The molecule has 1 aromatic heterocycles. The van der Waals surface area contributed by atoms with Gasteiger partial charge in [-0.25, -0.2) is 0 Å². The van der Waals surface area contributed by atoms with Crippen LogP contribution in [0.25, 0.3) is 10.9 Å². The van der Waals surface area contributed by atoms with E-state index in [9.17, 15) is 0 Å². The Morgan fingerprint density at radius 1 is 1.50 bits per heavy atom. The molecular weight excluding hydrogens is 311 g/mol. The number of fused-ring (bicyclic) bond motifs is 1. The van der Waals surface area contributed by atoms with Gasteiger partial charge in [-0.2, -0.15) is 9.19 Å². The van der Waals surface area contributed by atoms with Gasteiger partial charge in [0.25, 0.3) is 0 Å². The quantitative estimate of drug-likeness (QED) is 0.795. The number of ether oxygens (including phenoxy) is 1. The SMILES string of the molecule is COc1cc(C)c2c(cnn2SI)c1.